The van der Waals surface area contributed by atoms with Crippen molar-refractivity contribution < 1.29 is 9.59 Å². The second-order valence-electron chi connectivity index (χ2n) is 4.85. The van der Waals surface area contributed by atoms with Gasteiger partial charge in [-0.25, -0.2) is 0 Å². The molecule has 0 atom stereocenters. The molecule has 2 N–H and O–H groups in total. The molecule has 1 heterocycles. The molecule has 20 heavy (non-hydrogen) atoms. The average Bonchev–Trinajstić information content (AvgIpc) is 2.68. The van der Waals surface area contributed by atoms with E-state index in [0.29, 0.717) is 11.1 Å². The molecular formula is C16H10N2O2. The SMILES string of the molecule is O=C1NC(=O)c2cc(Nc3ccc4c(c3)C=C4)ccc21. The molecule has 0 saturated carbocycles. The van der Waals surface area contributed by atoms with Gasteiger partial charge in [0.2, 0.25) is 0 Å². The van der Waals surface area contributed by atoms with E-state index in [0.717, 1.165) is 11.4 Å². The van der Waals surface area contributed by atoms with Crippen molar-refractivity contribution in [1.82, 2.24) is 5.32 Å². The lowest BCUT2D eigenvalue weighted by molar-refractivity contribution is 0.0879. The number of anilines is 2. The summed E-state index contributed by atoms with van der Waals surface area (Å²) < 4.78 is 0. The number of carbonyl (C=O) groups is 2. The fraction of sp³-hybridized carbons (Fsp3) is 0. The summed E-state index contributed by atoms with van der Waals surface area (Å²) in [6, 6.07) is 11.2. The van der Waals surface area contributed by atoms with Crippen LogP contribution in [-0.2, 0) is 0 Å². The Morgan fingerprint density at radius 2 is 1.45 bits per heavy atom. The number of hydrogen-bond donors (Lipinski definition) is 2. The molecule has 96 valence electrons. The molecule has 0 bridgehead atoms. The lowest BCUT2D eigenvalue weighted by atomic mass is 9.97. The van der Waals surface area contributed by atoms with Crippen LogP contribution in [0.4, 0.5) is 11.4 Å². The van der Waals surface area contributed by atoms with Gasteiger partial charge in [0, 0.05) is 11.4 Å². The van der Waals surface area contributed by atoms with Gasteiger partial charge in [0.1, 0.15) is 0 Å². The molecule has 2 aromatic carbocycles. The van der Waals surface area contributed by atoms with E-state index in [1.54, 1.807) is 18.2 Å². The number of benzene rings is 2. The maximum Gasteiger partial charge on any atom is 0.259 e. The zero-order chi connectivity index (χ0) is 13.7. The van der Waals surface area contributed by atoms with Crippen LogP contribution in [0.15, 0.2) is 36.4 Å². The number of rotatable bonds is 2. The summed E-state index contributed by atoms with van der Waals surface area (Å²) in [5.74, 6) is -0.670. The Bertz CT molecular complexity index is 806. The average molecular weight is 262 g/mol. The summed E-state index contributed by atoms with van der Waals surface area (Å²) >= 11 is 0. The highest BCUT2D eigenvalue weighted by molar-refractivity contribution is 6.21. The van der Waals surface area contributed by atoms with Crippen LogP contribution in [0.25, 0.3) is 12.2 Å². The van der Waals surface area contributed by atoms with E-state index >= 15 is 0 Å². The third-order valence-electron chi connectivity index (χ3n) is 3.55. The fourth-order valence-corrected chi connectivity index (χ4v) is 2.44. The van der Waals surface area contributed by atoms with Crippen LogP contribution < -0.4 is 10.6 Å². The first kappa shape index (κ1) is 11.0. The minimum atomic E-state index is -0.339. The van der Waals surface area contributed by atoms with E-state index in [9.17, 15) is 9.59 Å². The summed E-state index contributed by atoms with van der Waals surface area (Å²) in [5, 5.41) is 5.53. The van der Waals surface area contributed by atoms with Crippen molar-refractivity contribution in [2.24, 2.45) is 0 Å². The Morgan fingerprint density at radius 3 is 2.20 bits per heavy atom. The molecule has 4 rings (SSSR count). The Balaban J connectivity index is 1.67. The quantitative estimate of drug-likeness (QED) is 0.698. The van der Waals surface area contributed by atoms with Crippen molar-refractivity contribution in [2.45, 2.75) is 0 Å². The van der Waals surface area contributed by atoms with Gasteiger partial charge in [0.15, 0.2) is 0 Å². The van der Waals surface area contributed by atoms with Crippen molar-refractivity contribution in [3.63, 3.8) is 0 Å². The van der Waals surface area contributed by atoms with Crippen LogP contribution in [0.3, 0.4) is 0 Å². The molecule has 0 unspecified atom stereocenters. The molecule has 0 spiro atoms. The second kappa shape index (κ2) is 3.81. The number of carbonyl (C=O) groups excluding carboxylic acids is 2. The Labute approximate surface area is 115 Å². The number of imide groups is 1. The molecule has 2 aromatic rings. The van der Waals surface area contributed by atoms with Gasteiger partial charge in [0.05, 0.1) is 11.1 Å². The van der Waals surface area contributed by atoms with E-state index in [2.05, 4.69) is 22.8 Å². The van der Waals surface area contributed by atoms with Crippen molar-refractivity contribution >= 4 is 35.3 Å². The largest absolute Gasteiger partial charge is 0.355 e. The van der Waals surface area contributed by atoms with Crippen LogP contribution in [-0.4, -0.2) is 11.8 Å². The zero-order valence-corrected chi connectivity index (χ0v) is 10.4. The zero-order valence-electron chi connectivity index (χ0n) is 10.4. The highest BCUT2D eigenvalue weighted by Gasteiger charge is 2.26. The van der Waals surface area contributed by atoms with E-state index in [4.69, 9.17) is 0 Å². The summed E-state index contributed by atoms with van der Waals surface area (Å²) in [4.78, 5) is 23.1. The predicted molar refractivity (Wildman–Crippen MR) is 76.9 cm³/mol. The molecule has 1 aliphatic heterocycles. The van der Waals surface area contributed by atoms with Crippen molar-refractivity contribution in [3.8, 4) is 0 Å². The Hall–Kier alpha value is -2.88. The third-order valence-corrected chi connectivity index (χ3v) is 3.55. The highest BCUT2D eigenvalue weighted by Crippen LogP contribution is 2.29. The topological polar surface area (TPSA) is 58.2 Å². The van der Waals surface area contributed by atoms with Gasteiger partial charge in [0.25, 0.3) is 11.8 Å². The standard InChI is InChI=1S/C16H10N2O2/c19-15-13-6-5-12(8-14(13)16(20)18-15)17-11-4-3-9-1-2-10(9)7-11/h1-8,17H,(H,18,19,20). The number of hydrogen-bond acceptors (Lipinski definition) is 3. The van der Waals surface area contributed by atoms with Crippen molar-refractivity contribution in [3.05, 3.63) is 58.7 Å². The van der Waals surface area contributed by atoms with Gasteiger partial charge in [-0.15, -0.1) is 0 Å². The Kier molecular flexibility index (Phi) is 2.09. The first-order valence-electron chi connectivity index (χ1n) is 6.29. The van der Waals surface area contributed by atoms with Crippen LogP contribution in [0.2, 0.25) is 0 Å². The molecular weight excluding hydrogens is 252 g/mol. The van der Waals surface area contributed by atoms with Crippen molar-refractivity contribution in [1.29, 1.82) is 0 Å². The third kappa shape index (κ3) is 1.55. The van der Waals surface area contributed by atoms with Gasteiger partial charge >= 0.3 is 0 Å². The number of amides is 2. The van der Waals surface area contributed by atoms with E-state index in [1.165, 1.54) is 11.1 Å². The van der Waals surface area contributed by atoms with E-state index < -0.39 is 0 Å². The van der Waals surface area contributed by atoms with Gasteiger partial charge in [-0.1, -0.05) is 18.2 Å². The minimum absolute atomic E-state index is 0.331. The molecule has 4 nitrogen and oxygen atoms in total. The van der Waals surface area contributed by atoms with Crippen LogP contribution in [0, 0.1) is 0 Å². The Morgan fingerprint density at radius 1 is 0.750 bits per heavy atom. The molecule has 4 heteroatoms. The maximum absolute atomic E-state index is 11.6. The second-order valence-corrected chi connectivity index (χ2v) is 4.85. The van der Waals surface area contributed by atoms with Gasteiger partial charge in [-0.05, 0) is 41.5 Å². The number of fused-ring (bicyclic) bond motifs is 2. The number of nitrogens with one attached hydrogen (secondary N) is 2. The smallest absolute Gasteiger partial charge is 0.259 e. The summed E-state index contributed by atoms with van der Waals surface area (Å²) in [7, 11) is 0. The van der Waals surface area contributed by atoms with Gasteiger partial charge in [-0.2, -0.15) is 0 Å². The van der Waals surface area contributed by atoms with E-state index in [1.807, 2.05) is 18.2 Å². The summed E-state index contributed by atoms with van der Waals surface area (Å²) in [6.07, 6.45) is 4.11. The van der Waals surface area contributed by atoms with Crippen LogP contribution in [0.1, 0.15) is 31.8 Å². The van der Waals surface area contributed by atoms with Gasteiger partial charge < -0.3 is 5.32 Å². The monoisotopic (exact) mass is 262 g/mol. The molecule has 2 aliphatic rings. The molecule has 1 aliphatic carbocycles. The normalized spacial score (nSPS) is 14.4. The van der Waals surface area contributed by atoms with E-state index in [-0.39, 0.29) is 11.8 Å². The minimum Gasteiger partial charge on any atom is -0.355 e. The molecule has 0 aromatic heterocycles. The summed E-state index contributed by atoms with van der Waals surface area (Å²) in [5.41, 5.74) is 5.03. The molecule has 2 amide bonds. The lowest BCUT2D eigenvalue weighted by Gasteiger charge is -2.13. The molecule has 0 radical (unpaired) electrons. The van der Waals surface area contributed by atoms with Crippen molar-refractivity contribution in [2.75, 3.05) is 5.32 Å². The summed E-state index contributed by atoms with van der Waals surface area (Å²) in [6.45, 7) is 0. The fourth-order valence-electron chi connectivity index (χ4n) is 2.44. The first-order valence-corrected chi connectivity index (χ1v) is 6.29. The van der Waals surface area contributed by atoms with Gasteiger partial charge in [-0.3, -0.25) is 14.9 Å². The molecule has 0 fully saturated rings. The maximum atomic E-state index is 11.6. The first-order chi connectivity index (χ1) is 9.70. The van der Waals surface area contributed by atoms with Crippen LogP contribution in [0.5, 0.6) is 0 Å². The lowest BCUT2D eigenvalue weighted by Crippen LogP contribution is -2.19. The molecule has 0 saturated heterocycles. The highest BCUT2D eigenvalue weighted by atomic mass is 16.2. The predicted octanol–water partition coefficient (Wildman–Crippen LogP) is 2.80. The van der Waals surface area contributed by atoms with Crippen LogP contribution >= 0.6 is 0 Å².